The Morgan fingerprint density at radius 1 is 1.11 bits per heavy atom. The van der Waals surface area contributed by atoms with Gasteiger partial charge in [-0.2, -0.15) is 0 Å². The van der Waals surface area contributed by atoms with E-state index in [2.05, 4.69) is 6.58 Å². The highest BCUT2D eigenvalue weighted by atomic mass is 32.4. The maximum Gasteiger partial charge on any atom is 0.528 e. The number of rotatable bonds is 6. The smallest absolute Gasteiger partial charge is 0.390 e. The van der Waals surface area contributed by atoms with Gasteiger partial charge in [0, 0.05) is 43.0 Å². The van der Waals surface area contributed by atoms with E-state index in [9.17, 15) is 0 Å². The van der Waals surface area contributed by atoms with Gasteiger partial charge < -0.3 is 22.1 Å². The summed E-state index contributed by atoms with van der Waals surface area (Å²) in [7, 11) is 4.05. The monoisotopic (exact) mass is 331 g/mol. The van der Waals surface area contributed by atoms with Crippen LogP contribution in [0.25, 0.3) is 0 Å². The standard InChI is InChI=1S/C5H12O3Si.C5H12O2SSi.CH4.H2/c1-5-9(6-2,7-3)8-4;1-6-9(7-2)5-3-4-8-9;;/h5H,1H2,2-4H3;3-5H2,1-2H3;1H4;1H/i;;;1+1. The highest BCUT2D eigenvalue weighted by Crippen LogP contribution is 2.35. The average molecular weight is 332 g/mol. The molecule has 0 unspecified atom stereocenters. The molecular formula is C11H30O5SSi2. The van der Waals surface area contributed by atoms with Crippen LogP contribution in [0.5, 0.6) is 0 Å². The number of hydrogen-bond donors (Lipinski definition) is 0. The number of hydrogen-bond acceptors (Lipinski definition) is 6. The molecule has 1 aliphatic heterocycles. The topological polar surface area (TPSA) is 46.2 Å². The Hall–Kier alpha value is 0.324. The van der Waals surface area contributed by atoms with Crippen LogP contribution in [0.15, 0.2) is 12.3 Å². The predicted molar refractivity (Wildman–Crippen MR) is 87.5 cm³/mol. The van der Waals surface area contributed by atoms with E-state index in [1.54, 1.807) is 41.2 Å². The Balaban J connectivity index is -0.000000263. The van der Waals surface area contributed by atoms with Gasteiger partial charge in [0.05, 0.1) is 0 Å². The largest absolute Gasteiger partial charge is 0.528 e. The van der Waals surface area contributed by atoms with E-state index < -0.39 is 16.5 Å². The molecule has 1 heterocycles. The van der Waals surface area contributed by atoms with Crippen LogP contribution in [-0.4, -0.2) is 57.8 Å². The van der Waals surface area contributed by atoms with E-state index in [0.29, 0.717) is 0 Å². The van der Waals surface area contributed by atoms with E-state index in [1.807, 2.05) is 11.2 Å². The molecular weight excluding hydrogens is 300 g/mol. The van der Waals surface area contributed by atoms with Crippen LogP contribution >= 0.6 is 11.2 Å². The Kier molecular flexibility index (Phi) is 12.6. The first kappa shape index (κ1) is 21.6. The summed E-state index contributed by atoms with van der Waals surface area (Å²) in [5, 5.41) is 0. The van der Waals surface area contributed by atoms with Crippen molar-refractivity contribution in [3.8, 4) is 0 Å². The SMILES string of the molecule is C.C=C[Si](OC)(OC)OC.CO[Si]1(OC)CCCS1.[2HH]. The van der Waals surface area contributed by atoms with Crippen molar-refractivity contribution in [3.05, 3.63) is 12.3 Å². The summed E-state index contributed by atoms with van der Waals surface area (Å²) in [5.41, 5.74) is 1.58. The van der Waals surface area contributed by atoms with Gasteiger partial charge in [-0.3, -0.25) is 0 Å². The van der Waals surface area contributed by atoms with Gasteiger partial charge in [-0.25, -0.2) is 0 Å². The molecule has 0 aromatic rings. The average Bonchev–Trinajstić information content (AvgIpc) is 2.92. The minimum Gasteiger partial charge on any atom is -0.390 e. The fraction of sp³-hybridized carbons (Fsp3) is 0.818. The van der Waals surface area contributed by atoms with Crippen LogP contribution in [0.4, 0.5) is 0 Å². The second-order valence-electron chi connectivity index (χ2n) is 3.46. The molecule has 5 nitrogen and oxygen atoms in total. The highest BCUT2D eigenvalue weighted by Gasteiger charge is 2.40. The van der Waals surface area contributed by atoms with Gasteiger partial charge in [0.15, 0.2) is 0 Å². The second-order valence-corrected chi connectivity index (χ2v) is 12.4. The van der Waals surface area contributed by atoms with E-state index in [1.165, 1.54) is 12.2 Å². The quantitative estimate of drug-likeness (QED) is 0.698. The molecule has 0 bridgehead atoms. The molecule has 0 N–H and O–H groups in total. The first-order valence-electron chi connectivity index (χ1n) is 5.61. The second kappa shape index (κ2) is 11.0. The summed E-state index contributed by atoms with van der Waals surface area (Å²) < 4.78 is 25.5. The van der Waals surface area contributed by atoms with Crippen LogP contribution in [-0.2, 0) is 22.1 Å². The lowest BCUT2D eigenvalue weighted by Gasteiger charge is -2.19. The van der Waals surface area contributed by atoms with Gasteiger partial charge in [0.2, 0.25) is 0 Å². The Bertz CT molecular complexity index is 225. The molecule has 0 aliphatic carbocycles. The molecule has 0 amide bonds. The molecule has 0 aromatic heterocycles. The van der Waals surface area contributed by atoms with Crippen molar-refractivity contribution in [2.24, 2.45) is 0 Å². The summed E-state index contributed by atoms with van der Waals surface area (Å²) >= 11 is 1.88. The maximum atomic E-state index is 5.33. The Morgan fingerprint density at radius 3 is 1.68 bits per heavy atom. The van der Waals surface area contributed by atoms with Crippen molar-refractivity contribution in [2.45, 2.75) is 19.9 Å². The van der Waals surface area contributed by atoms with Crippen molar-refractivity contribution in [1.82, 2.24) is 0 Å². The molecule has 19 heavy (non-hydrogen) atoms. The molecule has 1 saturated heterocycles. The Labute approximate surface area is 125 Å². The zero-order valence-corrected chi connectivity index (χ0v) is 14.7. The molecule has 1 fully saturated rings. The summed E-state index contributed by atoms with van der Waals surface area (Å²) in [6, 6.07) is 1.16. The fourth-order valence-corrected chi connectivity index (χ4v) is 7.85. The van der Waals surface area contributed by atoms with Crippen molar-refractivity contribution < 1.29 is 23.6 Å². The lowest BCUT2D eigenvalue weighted by molar-refractivity contribution is 0.138. The van der Waals surface area contributed by atoms with Crippen molar-refractivity contribution >= 4 is 27.7 Å². The molecule has 1 rings (SSSR count). The molecule has 1 aliphatic rings. The first-order valence-corrected chi connectivity index (χ1v) is 11.1. The third kappa shape index (κ3) is 6.54. The van der Waals surface area contributed by atoms with Gasteiger partial charge in [-0.05, 0) is 17.9 Å². The lowest BCUT2D eigenvalue weighted by atomic mass is 10.6. The molecule has 0 aromatic carbocycles. The third-order valence-electron chi connectivity index (χ3n) is 2.67. The van der Waals surface area contributed by atoms with E-state index in [4.69, 9.17) is 22.1 Å². The fourth-order valence-electron chi connectivity index (χ4n) is 1.49. The van der Waals surface area contributed by atoms with Gasteiger partial charge >= 0.3 is 16.5 Å². The highest BCUT2D eigenvalue weighted by molar-refractivity contribution is 8.27. The van der Waals surface area contributed by atoms with Crippen LogP contribution in [0.2, 0.25) is 6.04 Å². The summed E-state index contributed by atoms with van der Waals surface area (Å²) in [5.74, 6) is 1.22. The van der Waals surface area contributed by atoms with Gasteiger partial charge in [0.1, 0.15) is 0 Å². The first-order chi connectivity index (χ1) is 8.57. The predicted octanol–water partition coefficient (Wildman–Crippen LogP) is 2.83. The lowest BCUT2D eigenvalue weighted by Crippen LogP contribution is -2.40. The minimum absolute atomic E-state index is 0. The summed E-state index contributed by atoms with van der Waals surface area (Å²) in [4.78, 5) is 0. The van der Waals surface area contributed by atoms with Crippen LogP contribution in [0.3, 0.4) is 0 Å². The van der Waals surface area contributed by atoms with Gasteiger partial charge in [-0.15, -0.1) is 11.2 Å². The third-order valence-corrected chi connectivity index (χ3v) is 11.6. The zero-order valence-electron chi connectivity index (χ0n) is 11.9. The summed E-state index contributed by atoms with van der Waals surface area (Å²) in [6.07, 6.45) is 1.26. The van der Waals surface area contributed by atoms with Gasteiger partial charge in [-0.1, -0.05) is 14.0 Å². The van der Waals surface area contributed by atoms with Crippen LogP contribution in [0, 0.1) is 0 Å². The van der Waals surface area contributed by atoms with Gasteiger partial charge in [0.25, 0.3) is 0 Å². The van der Waals surface area contributed by atoms with Crippen LogP contribution < -0.4 is 0 Å². The van der Waals surface area contributed by atoms with E-state index in [-0.39, 0.29) is 8.85 Å². The Morgan fingerprint density at radius 2 is 1.58 bits per heavy atom. The zero-order chi connectivity index (χ0) is 14.1. The van der Waals surface area contributed by atoms with E-state index in [0.717, 1.165) is 6.04 Å². The normalized spacial score (nSPS) is 17.1. The molecule has 0 saturated carbocycles. The molecule has 0 radical (unpaired) electrons. The van der Waals surface area contributed by atoms with E-state index >= 15 is 0 Å². The van der Waals surface area contributed by atoms with Crippen molar-refractivity contribution in [2.75, 3.05) is 41.3 Å². The molecule has 0 atom stereocenters. The molecule has 118 valence electrons. The molecule has 0 spiro atoms. The van der Waals surface area contributed by atoms with Crippen molar-refractivity contribution in [1.29, 1.82) is 0 Å². The molecule has 8 heteroatoms. The minimum atomic E-state index is -2.43. The van der Waals surface area contributed by atoms with Crippen molar-refractivity contribution in [3.63, 3.8) is 0 Å². The maximum absolute atomic E-state index is 5.33. The summed E-state index contributed by atoms with van der Waals surface area (Å²) in [6.45, 7) is 3.53. The van der Waals surface area contributed by atoms with Crippen LogP contribution in [0.1, 0.15) is 15.3 Å².